The van der Waals surface area contributed by atoms with Crippen LogP contribution in [0.3, 0.4) is 0 Å². The summed E-state index contributed by atoms with van der Waals surface area (Å²) in [5.41, 5.74) is -0.145. The average molecular weight is 476 g/mol. The lowest BCUT2D eigenvalue weighted by Gasteiger charge is -2.56. The zero-order valence-electron chi connectivity index (χ0n) is 18.8. The molecule has 3 nitrogen and oxygen atoms in total. The van der Waals surface area contributed by atoms with Gasteiger partial charge in [0.15, 0.2) is 0 Å². The maximum atomic E-state index is 13.6. The van der Waals surface area contributed by atoms with E-state index in [0.29, 0.717) is 28.9 Å². The van der Waals surface area contributed by atoms with Gasteiger partial charge in [-0.15, -0.1) is 0 Å². The van der Waals surface area contributed by atoms with Crippen molar-refractivity contribution in [3.05, 3.63) is 71.0 Å². The Kier molecular flexibility index (Phi) is 5.95. The molecule has 2 aromatic carbocycles. The summed E-state index contributed by atoms with van der Waals surface area (Å²) in [5.74, 6) is 1.23. The van der Waals surface area contributed by atoms with Gasteiger partial charge in [-0.25, -0.2) is 4.39 Å². The molecule has 2 unspecified atom stereocenters. The summed E-state index contributed by atoms with van der Waals surface area (Å²) < 4.78 is 52.3. The van der Waals surface area contributed by atoms with Crippen LogP contribution in [0.15, 0.2) is 48.5 Å². The van der Waals surface area contributed by atoms with Gasteiger partial charge in [-0.3, -0.25) is 4.79 Å². The highest BCUT2D eigenvalue weighted by atomic mass is 19.4. The molecular formula is C27H29F4NO2. The SMILES string of the molecule is O=C(NC(Cc1ccc(C(F)(F)F)cc1)C(O)c1ccc(F)cc1)C12CC3CC(CC(C3)C1)C2. The number of rotatable bonds is 6. The van der Waals surface area contributed by atoms with E-state index in [0.717, 1.165) is 31.4 Å². The largest absolute Gasteiger partial charge is 0.416 e. The molecule has 0 saturated heterocycles. The van der Waals surface area contributed by atoms with Crippen molar-refractivity contribution < 1.29 is 27.5 Å². The fourth-order valence-corrected chi connectivity index (χ4v) is 6.93. The van der Waals surface area contributed by atoms with Crippen molar-refractivity contribution in [1.82, 2.24) is 5.32 Å². The number of hydrogen-bond donors (Lipinski definition) is 2. The van der Waals surface area contributed by atoms with Gasteiger partial charge in [0.2, 0.25) is 5.91 Å². The number of benzene rings is 2. The van der Waals surface area contributed by atoms with E-state index in [1.54, 1.807) is 0 Å². The Morgan fingerprint density at radius 3 is 1.97 bits per heavy atom. The highest BCUT2D eigenvalue weighted by Crippen LogP contribution is 2.60. The molecule has 4 fully saturated rings. The molecule has 0 heterocycles. The van der Waals surface area contributed by atoms with Crippen molar-refractivity contribution in [3.8, 4) is 0 Å². The Morgan fingerprint density at radius 1 is 0.941 bits per heavy atom. The van der Waals surface area contributed by atoms with E-state index in [4.69, 9.17) is 0 Å². The third kappa shape index (κ3) is 4.59. The van der Waals surface area contributed by atoms with Crippen LogP contribution >= 0.6 is 0 Å². The Bertz CT molecular complexity index is 997. The van der Waals surface area contributed by atoms with E-state index in [1.165, 1.54) is 55.7 Å². The van der Waals surface area contributed by atoms with E-state index in [1.807, 2.05) is 0 Å². The molecule has 2 aromatic rings. The Balaban J connectivity index is 1.38. The number of carbonyl (C=O) groups is 1. The first-order valence-corrected chi connectivity index (χ1v) is 12.0. The third-order valence-corrected chi connectivity index (χ3v) is 8.17. The van der Waals surface area contributed by atoms with Crippen LogP contribution in [-0.2, 0) is 17.4 Å². The minimum atomic E-state index is -4.43. The summed E-state index contributed by atoms with van der Waals surface area (Å²) in [6.07, 6.45) is 0.784. The molecule has 0 aliphatic heterocycles. The Hall–Kier alpha value is -2.41. The zero-order valence-corrected chi connectivity index (χ0v) is 18.8. The summed E-state index contributed by atoms with van der Waals surface area (Å²) in [4.78, 5) is 13.6. The Morgan fingerprint density at radius 2 is 1.47 bits per heavy atom. The number of halogens is 4. The predicted molar refractivity (Wildman–Crippen MR) is 119 cm³/mol. The van der Waals surface area contributed by atoms with Crippen molar-refractivity contribution in [2.75, 3.05) is 0 Å². The van der Waals surface area contributed by atoms with Crippen LogP contribution in [0, 0.1) is 29.0 Å². The second-order valence-corrected chi connectivity index (χ2v) is 10.7. The van der Waals surface area contributed by atoms with Crippen molar-refractivity contribution in [3.63, 3.8) is 0 Å². The molecule has 4 bridgehead atoms. The van der Waals surface area contributed by atoms with Crippen LogP contribution in [-0.4, -0.2) is 17.1 Å². The summed E-state index contributed by atoms with van der Waals surface area (Å²) in [6, 6.07) is 9.46. The maximum absolute atomic E-state index is 13.6. The van der Waals surface area contributed by atoms with Gasteiger partial charge in [0.25, 0.3) is 0 Å². The van der Waals surface area contributed by atoms with Gasteiger partial charge in [0.05, 0.1) is 17.7 Å². The molecule has 4 saturated carbocycles. The van der Waals surface area contributed by atoms with E-state index in [-0.39, 0.29) is 12.3 Å². The molecular weight excluding hydrogens is 446 g/mol. The first-order valence-electron chi connectivity index (χ1n) is 12.0. The van der Waals surface area contributed by atoms with E-state index in [9.17, 15) is 27.5 Å². The number of aliphatic hydroxyl groups is 1. The van der Waals surface area contributed by atoms with Gasteiger partial charge in [0.1, 0.15) is 5.82 Å². The number of nitrogens with one attached hydrogen (secondary N) is 1. The predicted octanol–water partition coefficient (Wildman–Crippen LogP) is 5.82. The quantitative estimate of drug-likeness (QED) is 0.517. The standard InChI is InChI=1S/C27H29F4NO2/c28-22-7-3-20(4-8-22)24(33)23(12-16-1-5-21(6-2-16)27(29,30)31)32-25(34)26-13-17-9-18(14-26)11-19(10-17)15-26/h1-8,17-19,23-24,33H,9-15H2,(H,32,34). The first kappa shape index (κ1) is 23.3. The number of carbonyl (C=O) groups excluding carboxylic acids is 1. The highest BCUT2D eigenvalue weighted by molar-refractivity contribution is 5.83. The molecule has 2 atom stereocenters. The average Bonchev–Trinajstić information content (AvgIpc) is 2.77. The fraction of sp³-hybridized carbons (Fsp3) is 0.519. The van der Waals surface area contributed by atoms with Crippen LogP contribution < -0.4 is 5.32 Å². The van der Waals surface area contributed by atoms with Crippen molar-refractivity contribution in [2.24, 2.45) is 23.2 Å². The number of hydrogen-bond acceptors (Lipinski definition) is 2. The molecule has 34 heavy (non-hydrogen) atoms. The van der Waals surface area contributed by atoms with Crippen LogP contribution in [0.2, 0.25) is 0 Å². The summed E-state index contributed by atoms with van der Waals surface area (Å²) in [6.45, 7) is 0. The van der Waals surface area contributed by atoms with E-state index in [2.05, 4.69) is 5.32 Å². The van der Waals surface area contributed by atoms with Crippen LogP contribution in [0.5, 0.6) is 0 Å². The normalized spacial score (nSPS) is 29.6. The van der Waals surface area contributed by atoms with Crippen molar-refractivity contribution >= 4 is 5.91 Å². The van der Waals surface area contributed by atoms with Crippen molar-refractivity contribution in [2.45, 2.75) is 63.3 Å². The van der Waals surface area contributed by atoms with Crippen LogP contribution in [0.4, 0.5) is 17.6 Å². The highest BCUT2D eigenvalue weighted by Gasteiger charge is 2.55. The zero-order chi connectivity index (χ0) is 24.1. The summed E-state index contributed by atoms with van der Waals surface area (Å²) in [7, 11) is 0. The lowest BCUT2D eigenvalue weighted by molar-refractivity contribution is -0.148. The van der Waals surface area contributed by atoms with Crippen molar-refractivity contribution in [1.29, 1.82) is 0 Å². The lowest BCUT2D eigenvalue weighted by atomic mass is 9.49. The second kappa shape index (κ2) is 8.67. The van der Waals surface area contributed by atoms with E-state index >= 15 is 0 Å². The first-order chi connectivity index (χ1) is 16.1. The van der Waals surface area contributed by atoms with Gasteiger partial charge in [-0.1, -0.05) is 24.3 Å². The molecule has 0 radical (unpaired) electrons. The van der Waals surface area contributed by atoms with Crippen LogP contribution in [0.1, 0.15) is 61.3 Å². The molecule has 7 heteroatoms. The maximum Gasteiger partial charge on any atom is 0.416 e. The minimum Gasteiger partial charge on any atom is -0.386 e. The monoisotopic (exact) mass is 475 g/mol. The summed E-state index contributed by atoms with van der Waals surface area (Å²) >= 11 is 0. The van der Waals surface area contributed by atoms with Gasteiger partial charge in [0, 0.05) is 5.41 Å². The molecule has 0 spiro atoms. The van der Waals surface area contributed by atoms with Gasteiger partial charge < -0.3 is 10.4 Å². The number of aliphatic hydroxyl groups excluding tert-OH is 1. The second-order valence-electron chi connectivity index (χ2n) is 10.7. The molecule has 0 aromatic heterocycles. The lowest BCUT2D eigenvalue weighted by Crippen LogP contribution is -2.56. The number of alkyl halides is 3. The molecule has 182 valence electrons. The molecule has 6 rings (SSSR count). The topological polar surface area (TPSA) is 49.3 Å². The molecule has 1 amide bonds. The fourth-order valence-electron chi connectivity index (χ4n) is 6.93. The van der Waals surface area contributed by atoms with Crippen LogP contribution in [0.25, 0.3) is 0 Å². The minimum absolute atomic E-state index is 0.0651. The van der Waals surface area contributed by atoms with E-state index < -0.39 is 35.1 Å². The molecule has 2 N–H and O–H groups in total. The molecule has 4 aliphatic carbocycles. The third-order valence-electron chi connectivity index (χ3n) is 8.17. The van der Waals surface area contributed by atoms with Gasteiger partial charge in [-0.2, -0.15) is 13.2 Å². The summed E-state index contributed by atoms with van der Waals surface area (Å²) in [5, 5.41) is 14.2. The van der Waals surface area contributed by atoms with Gasteiger partial charge >= 0.3 is 6.18 Å². The smallest absolute Gasteiger partial charge is 0.386 e. The Labute approximate surface area is 196 Å². The van der Waals surface area contributed by atoms with Gasteiger partial charge in [-0.05, 0) is 98.1 Å². The number of amides is 1. The molecule has 4 aliphatic rings.